The molecule has 2 saturated carbocycles. The first-order chi connectivity index (χ1) is 30.4. The van der Waals surface area contributed by atoms with Crippen LogP contribution in [0.3, 0.4) is 0 Å². The monoisotopic (exact) mass is 875 g/mol. The normalized spacial score (nSPS) is 24.7. The smallest absolute Gasteiger partial charge is 0.309 e. The van der Waals surface area contributed by atoms with Crippen LogP contribution in [0.5, 0.6) is 0 Å². The molecule has 62 heavy (non-hydrogen) atoms. The highest BCUT2D eigenvalue weighted by molar-refractivity contribution is 5.83. The first-order valence-electron chi connectivity index (χ1n) is 26.4. The maximum Gasteiger partial charge on any atom is 0.309 e. The van der Waals surface area contributed by atoms with Crippen LogP contribution in [0, 0.1) is 23.7 Å². The number of carbonyl (C=O) groups is 4. The Balaban J connectivity index is 0.949. The second-order valence-corrected chi connectivity index (χ2v) is 19.4. The Morgan fingerprint density at radius 2 is 0.484 bits per heavy atom. The van der Waals surface area contributed by atoms with E-state index in [4.69, 9.17) is 28.4 Å². The highest BCUT2D eigenvalue weighted by Crippen LogP contribution is 2.45. The molecule has 8 unspecified atom stereocenters. The number of rotatable bonds is 39. The van der Waals surface area contributed by atoms with Gasteiger partial charge in [-0.15, -0.1) is 0 Å². The van der Waals surface area contributed by atoms with Crippen molar-refractivity contribution in [3.8, 4) is 0 Å². The molecule has 2 saturated heterocycles. The van der Waals surface area contributed by atoms with Crippen LogP contribution in [0.1, 0.15) is 232 Å². The summed E-state index contributed by atoms with van der Waals surface area (Å²) in [4.78, 5) is 52.2. The highest BCUT2D eigenvalue weighted by atomic mass is 16.6. The molecule has 4 fully saturated rings. The van der Waals surface area contributed by atoms with Crippen LogP contribution in [0.4, 0.5) is 0 Å². The van der Waals surface area contributed by atoms with Gasteiger partial charge in [0.25, 0.3) is 0 Å². The fourth-order valence-electron chi connectivity index (χ4n) is 9.80. The Kier molecular flexibility index (Phi) is 27.4. The van der Waals surface area contributed by atoms with Gasteiger partial charge in [-0.25, -0.2) is 0 Å². The molecule has 0 N–H and O–H groups in total. The maximum atomic E-state index is 13.1. The Bertz CT molecular complexity index is 1130. The topological polar surface area (TPSA) is 130 Å². The molecule has 0 bridgehead atoms. The van der Waals surface area contributed by atoms with Crippen molar-refractivity contribution < 1.29 is 47.6 Å². The minimum absolute atomic E-state index is 0.0736. The largest absolute Gasteiger partial charge is 0.465 e. The quantitative estimate of drug-likeness (QED) is 0.0255. The minimum atomic E-state index is -0.475. The lowest BCUT2D eigenvalue weighted by atomic mass is 9.79. The second-order valence-electron chi connectivity index (χ2n) is 19.4. The summed E-state index contributed by atoms with van der Waals surface area (Å²) in [5.41, 5.74) is 0. The van der Waals surface area contributed by atoms with Crippen molar-refractivity contribution in [2.75, 3.05) is 26.4 Å². The van der Waals surface area contributed by atoms with E-state index in [-0.39, 0.29) is 48.3 Å². The van der Waals surface area contributed by atoms with Gasteiger partial charge in [-0.3, -0.25) is 19.2 Å². The number of hydrogen-bond donors (Lipinski definition) is 0. The molecule has 10 heteroatoms. The minimum Gasteiger partial charge on any atom is -0.465 e. The van der Waals surface area contributed by atoms with Gasteiger partial charge in [0.15, 0.2) is 0 Å². The lowest BCUT2D eigenvalue weighted by Gasteiger charge is -2.26. The highest BCUT2D eigenvalue weighted by Gasteiger charge is 2.54. The molecule has 0 aromatic heterocycles. The van der Waals surface area contributed by atoms with Crippen molar-refractivity contribution in [3.05, 3.63) is 0 Å². The van der Waals surface area contributed by atoms with Crippen LogP contribution in [-0.4, -0.2) is 74.7 Å². The average molecular weight is 875 g/mol. The van der Waals surface area contributed by atoms with Crippen LogP contribution < -0.4 is 0 Å². The van der Waals surface area contributed by atoms with Crippen LogP contribution in [0.25, 0.3) is 0 Å². The molecule has 0 radical (unpaired) electrons. The number of ether oxygens (including phenoxy) is 6. The first-order valence-corrected chi connectivity index (χ1v) is 26.4. The number of unbranched alkanes of at least 4 members (excludes halogenated alkanes) is 27. The van der Waals surface area contributed by atoms with Crippen LogP contribution in [0.15, 0.2) is 0 Å². The lowest BCUT2D eigenvalue weighted by molar-refractivity contribution is -0.162. The van der Waals surface area contributed by atoms with Crippen LogP contribution >= 0.6 is 0 Å². The van der Waals surface area contributed by atoms with E-state index in [0.717, 1.165) is 77.0 Å². The zero-order chi connectivity index (χ0) is 44.0. The van der Waals surface area contributed by atoms with Crippen molar-refractivity contribution in [1.82, 2.24) is 0 Å². The van der Waals surface area contributed by atoms with E-state index >= 15 is 0 Å². The van der Waals surface area contributed by atoms with Gasteiger partial charge in [0, 0.05) is 0 Å². The average Bonchev–Trinajstić information content (AvgIpc) is 4.22. The van der Waals surface area contributed by atoms with Crippen molar-refractivity contribution >= 4 is 23.9 Å². The summed E-state index contributed by atoms with van der Waals surface area (Å²) in [5, 5.41) is 0. The van der Waals surface area contributed by atoms with Gasteiger partial charge in [0.05, 0.1) is 74.5 Å². The molecule has 10 nitrogen and oxygen atoms in total. The molecule has 0 aromatic carbocycles. The molecule has 4 aliphatic rings. The zero-order valence-corrected chi connectivity index (χ0v) is 39.6. The Hall–Kier alpha value is -2.20. The van der Waals surface area contributed by atoms with E-state index in [1.54, 1.807) is 0 Å². The van der Waals surface area contributed by atoms with E-state index in [0.29, 0.717) is 52.1 Å². The fourth-order valence-corrected chi connectivity index (χ4v) is 9.80. The van der Waals surface area contributed by atoms with Gasteiger partial charge in [0.1, 0.15) is 0 Å². The summed E-state index contributed by atoms with van der Waals surface area (Å²) >= 11 is 0. The van der Waals surface area contributed by atoms with Crippen molar-refractivity contribution in [1.29, 1.82) is 0 Å². The van der Waals surface area contributed by atoms with E-state index in [1.807, 2.05) is 0 Å². The van der Waals surface area contributed by atoms with Gasteiger partial charge in [-0.05, 0) is 51.4 Å². The van der Waals surface area contributed by atoms with Crippen molar-refractivity contribution in [2.45, 2.75) is 257 Å². The second kappa shape index (κ2) is 32.5. The predicted molar refractivity (Wildman–Crippen MR) is 243 cm³/mol. The number of esters is 4. The Labute approximate surface area is 377 Å². The molecular weight excluding hydrogens is 785 g/mol. The fraction of sp³-hybridized carbons (Fsp3) is 0.923. The van der Waals surface area contributed by atoms with E-state index in [1.165, 1.54) is 116 Å². The summed E-state index contributed by atoms with van der Waals surface area (Å²) in [6.45, 7) is 6.11. The Morgan fingerprint density at radius 3 is 0.677 bits per heavy atom. The maximum absolute atomic E-state index is 13.1. The summed E-state index contributed by atoms with van der Waals surface area (Å²) < 4.78 is 34.1. The summed E-state index contributed by atoms with van der Waals surface area (Å²) in [6.07, 6.45) is 37.9. The zero-order valence-electron chi connectivity index (χ0n) is 39.6. The van der Waals surface area contributed by atoms with E-state index in [9.17, 15) is 19.2 Å². The first kappa shape index (κ1) is 52.4. The molecule has 0 amide bonds. The molecule has 358 valence electrons. The number of hydrogen-bond acceptors (Lipinski definition) is 10. The predicted octanol–water partition coefficient (Wildman–Crippen LogP) is 12.5. The SMILES string of the molecule is CCCCCCCCCCCCCOC(=O)C1CC2OC2CC1C(=O)OCCCCCCCCCCOC(=O)C1CC2OC2CC1C(=O)OCCCCCCCCCCCCC. The molecule has 4 rings (SSSR count). The standard InChI is InChI=1S/C52H90O10/c1-3-5-7-9-11-13-15-17-21-25-29-33-57-49(53)41-37-45-47(61-45)39-43(41)51(55)59-35-31-27-23-19-20-24-28-32-36-60-52(56)44-40-48-46(62-48)38-42(44)50(54)58-34-30-26-22-18-16-14-12-10-8-6-4-2/h41-48H,3-40H2,1-2H3. The molecule has 2 aliphatic carbocycles. The third kappa shape index (κ3) is 21.7. The molecule has 8 atom stereocenters. The van der Waals surface area contributed by atoms with E-state index < -0.39 is 23.7 Å². The number of epoxide rings is 2. The van der Waals surface area contributed by atoms with E-state index in [2.05, 4.69) is 13.8 Å². The number of carbonyl (C=O) groups excluding carboxylic acids is 4. The third-order valence-corrected chi connectivity index (χ3v) is 14.0. The molecular formula is C52H90O10. The van der Waals surface area contributed by atoms with Gasteiger partial charge >= 0.3 is 23.9 Å². The van der Waals surface area contributed by atoms with Crippen LogP contribution in [-0.2, 0) is 47.6 Å². The molecule has 0 spiro atoms. The third-order valence-electron chi connectivity index (χ3n) is 14.0. The van der Waals surface area contributed by atoms with Crippen molar-refractivity contribution in [3.63, 3.8) is 0 Å². The van der Waals surface area contributed by atoms with Gasteiger partial charge in [-0.2, -0.15) is 0 Å². The van der Waals surface area contributed by atoms with Gasteiger partial charge in [0.2, 0.25) is 0 Å². The lowest BCUT2D eigenvalue weighted by Crippen LogP contribution is -2.37. The summed E-state index contributed by atoms with van der Waals surface area (Å²) in [7, 11) is 0. The molecule has 2 aliphatic heterocycles. The van der Waals surface area contributed by atoms with Gasteiger partial charge in [-0.1, -0.05) is 181 Å². The number of fused-ring (bicyclic) bond motifs is 2. The van der Waals surface area contributed by atoms with Crippen LogP contribution in [0.2, 0.25) is 0 Å². The van der Waals surface area contributed by atoms with Crippen molar-refractivity contribution in [2.24, 2.45) is 23.7 Å². The Morgan fingerprint density at radius 1 is 0.306 bits per heavy atom. The molecule has 2 heterocycles. The van der Waals surface area contributed by atoms with Gasteiger partial charge < -0.3 is 28.4 Å². The summed E-state index contributed by atoms with van der Waals surface area (Å²) in [5.74, 6) is -2.98. The molecule has 0 aromatic rings. The summed E-state index contributed by atoms with van der Waals surface area (Å²) in [6, 6.07) is 0.